The van der Waals surface area contributed by atoms with E-state index in [1.54, 1.807) is 35.0 Å². The summed E-state index contributed by atoms with van der Waals surface area (Å²) in [4.78, 5) is 18.1. The maximum atomic E-state index is 13.6. The van der Waals surface area contributed by atoms with E-state index in [9.17, 15) is 17.6 Å². The Balaban J connectivity index is 1.47. The maximum Gasteiger partial charge on any atom is 0.243 e. The second kappa shape index (κ2) is 11.6. The van der Waals surface area contributed by atoms with Gasteiger partial charge in [-0.3, -0.25) is 14.7 Å². The lowest BCUT2D eigenvalue weighted by Crippen LogP contribution is -2.38. The summed E-state index contributed by atoms with van der Waals surface area (Å²) >= 11 is 0. The molecule has 0 spiro atoms. The number of rotatable bonds is 9. The number of hydrogen-bond acceptors (Lipinski definition) is 4. The fourth-order valence-electron chi connectivity index (χ4n) is 4.21. The lowest BCUT2D eigenvalue weighted by molar-refractivity contribution is -0.116. The number of aryl methyl sites for hydroxylation is 1. The van der Waals surface area contributed by atoms with Gasteiger partial charge in [0.05, 0.1) is 17.1 Å². The third-order valence-electron chi connectivity index (χ3n) is 6.31. The molecule has 1 N–H and O–H groups in total. The molecule has 0 saturated carbocycles. The van der Waals surface area contributed by atoms with Gasteiger partial charge in [-0.25, -0.2) is 17.8 Å². The number of amides is 1. The molecule has 0 radical (unpaired) electrons. The van der Waals surface area contributed by atoms with Gasteiger partial charge in [-0.2, -0.15) is 4.31 Å². The standard InChI is InChI=1S/C31H27FN4O3S/c1-23-12-18-28(19-13-23)40(38,39)35(20-24-8-4-2-5-9-24)22-30(37)34-31-33-29(25-10-6-3-7-11-25)21-36(31)27-16-14-26(32)15-17-27/h2-19,21H,20,22H2,1H3,(H,33,34,37). The second-order valence-corrected chi connectivity index (χ2v) is 11.2. The van der Waals surface area contributed by atoms with Crippen molar-refractivity contribution in [2.45, 2.75) is 18.4 Å². The van der Waals surface area contributed by atoms with E-state index < -0.39 is 28.3 Å². The Labute approximate surface area is 232 Å². The third kappa shape index (κ3) is 6.17. The minimum Gasteiger partial charge on any atom is -0.294 e. The summed E-state index contributed by atoms with van der Waals surface area (Å²) in [5, 5.41) is 2.78. The van der Waals surface area contributed by atoms with Crippen LogP contribution in [0.4, 0.5) is 10.3 Å². The summed E-state index contributed by atoms with van der Waals surface area (Å²) < 4.78 is 43.7. The molecule has 0 fully saturated rings. The molecule has 5 aromatic rings. The molecule has 0 aliphatic carbocycles. The van der Waals surface area contributed by atoms with Crippen LogP contribution in [0.1, 0.15) is 11.1 Å². The minimum atomic E-state index is -4.00. The Bertz CT molecular complexity index is 1700. The summed E-state index contributed by atoms with van der Waals surface area (Å²) in [5.41, 5.74) is 3.67. The normalized spacial score (nSPS) is 11.5. The molecule has 4 aromatic carbocycles. The quantitative estimate of drug-likeness (QED) is 0.249. The van der Waals surface area contributed by atoms with Crippen LogP contribution in [-0.4, -0.2) is 34.7 Å². The number of imidazole rings is 1. The number of nitrogens with one attached hydrogen (secondary N) is 1. The van der Waals surface area contributed by atoms with E-state index in [2.05, 4.69) is 10.3 Å². The van der Waals surface area contributed by atoms with Crippen molar-refractivity contribution in [3.05, 3.63) is 132 Å². The molecule has 0 aliphatic heterocycles. The van der Waals surface area contributed by atoms with Gasteiger partial charge in [0.25, 0.3) is 0 Å². The molecule has 0 unspecified atom stereocenters. The Hall–Kier alpha value is -4.60. The van der Waals surface area contributed by atoms with Crippen LogP contribution in [-0.2, 0) is 21.4 Å². The molecule has 1 aromatic heterocycles. The zero-order valence-corrected chi connectivity index (χ0v) is 22.6. The predicted octanol–water partition coefficient (Wildman–Crippen LogP) is 5.82. The fraction of sp³-hybridized carbons (Fsp3) is 0.0968. The number of aromatic nitrogens is 2. The molecule has 7 nitrogen and oxygen atoms in total. The first-order valence-corrected chi connectivity index (χ1v) is 14.0. The zero-order chi connectivity index (χ0) is 28.1. The first-order valence-electron chi connectivity index (χ1n) is 12.6. The minimum absolute atomic E-state index is 0.00609. The van der Waals surface area contributed by atoms with Gasteiger partial charge >= 0.3 is 0 Å². The molecule has 0 saturated heterocycles. The molecular weight excluding hydrogens is 527 g/mol. The van der Waals surface area contributed by atoms with Gasteiger partial charge in [-0.05, 0) is 48.9 Å². The number of benzene rings is 4. The molecule has 40 heavy (non-hydrogen) atoms. The highest BCUT2D eigenvalue weighted by Crippen LogP contribution is 2.25. The number of hydrogen-bond donors (Lipinski definition) is 1. The third-order valence-corrected chi connectivity index (χ3v) is 8.12. The number of nitrogens with zero attached hydrogens (tertiary/aromatic N) is 3. The van der Waals surface area contributed by atoms with Crippen LogP contribution in [0.3, 0.4) is 0 Å². The van der Waals surface area contributed by atoms with Crippen LogP contribution in [0, 0.1) is 12.7 Å². The molecule has 202 valence electrons. The van der Waals surface area contributed by atoms with Gasteiger partial charge in [0.15, 0.2) is 0 Å². The van der Waals surface area contributed by atoms with E-state index in [0.717, 1.165) is 21.0 Å². The average molecular weight is 555 g/mol. The summed E-state index contributed by atoms with van der Waals surface area (Å²) in [6, 6.07) is 30.8. The summed E-state index contributed by atoms with van der Waals surface area (Å²) in [6.45, 7) is 1.44. The summed E-state index contributed by atoms with van der Waals surface area (Å²) in [5.74, 6) is -0.779. The van der Waals surface area contributed by atoms with Crippen molar-refractivity contribution in [3.63, 3.8) is 0 Å². The molecule has 5 rings (SSSR count). The van der Waals surface area contributed by atoms with Crippen molar-refractivity contribution in [1.29, 1.82) is 0 Å². The summed E-state index contributed by atoms with van der Waals surface area (Å²) in [6.07, 6.45) is 1.74. The predicted molar refractivity (Wildman–Crippen MR) is 153 cm³/mol. The highest BCUT2D eigenvalue weighted by molar-refractivity contribution is 7.89. The first kappa shape index (κ1) is 27.0. The van der Waals surface area contributed by atoms with Crippen LogP contribution in [0.5, 0.6) is 0 Å². The number of carbonyl (C=O) groups excluding carboxylic acids is 1. The van der Waals surface area contributed by atoms with Crippen LogP contribution in [0.25, 0.3) is 16.9 Å². The van der Waals surface area contributed by atoms with E-state index in [1.807, 2.05) is 67.6 Å². The smallest absolute Gasteiger partial charge is 0.243 e. The van der Waals surface area contributed by atoms with Gasteiger partial charge in [0.1, 0.15) is 5.82 Å². The van der Waals surface area contributed by atoms with E-state index >= 15 is 0 Å². The van der Waals surface area contributed by atoms with Gasteiger partial charge < -0.3 is 0 Å². The lowest BCUT2D eigenvalue weighted by atomic mass is 10.2. The number of halogens is 1. The summed E-state index contributed by atoms with van der Waals surface area (Å²) in [7, 11) is -4.00. The van der Waals surface area contributed by atoms with E-state index in [0.29, 0.717) is 11.4 Å². The van der Waals surface area contributed by atoms with E-state index in [-0.39, 0.29) is 17.4 Å². The molecule has 9 heteroatoms. The Morgan fingerprint density at radius 1 is 0.875 bits per heavy atom. The zero-order valence-electron chi connectivity index (χ0n) is 21.7. The molecule has 1 amide bonds. The monoisotopic (exact) mass is 554 g/mol. The van der Waals surface area contributed by atoms with Crippen molar-refractivity contribution < 1.29 is 17.6 Å². The Kier molecular flexibility index (Phi) is 7.86. The first-order chi connectivity index (χ1) is 19.3. The van der Waals surface area contributed by atoms with Crippen molar-refractivity contribution >= 4 is 21.9 Å². The van der Waals surface area contributed by atoms with E-state index in [4.69, 9.17) is 0 Å². The topological polar surface area (TPSA) is 84.3 Å². The molecule has 0 aliphatic rings. The van der Waals surface area contributed by atoms with Crippen molar-refractivity contribution in [2.24, 2.45) is 0 Å². The van der Waals surface area contributed by atoms with Crippen molar-refractivity contribution in [1.82, 2.24) is 13.9 Å². The highest BCUT2D eigenvalue weighted by Gasteiger charge is 2.27. The second-order valence-electron chi connectivity index (χ2n) is 9.28. The fourth-order valence-corrected chi connectivity index (χ4v) is 5.60. The number of anilines is 1. The van der Waals surface area contributed by atoms with E-state index in [1.165, 1.54) is 24.3 Å². The average Bonchev–Trinajstić information content (AvgIpc) is 3.38. The van der Waals surface area contributed by atoms with Crippen molar-refractivity contribution in [2.75, 3.05) is 11.9 Å². The highest BCUT2D eigenvalue weighted by atomic mass is 32.2. The van der Waals surface area contributed by atoms with Gasteiger partial charge in [-0.1, -0.05) is 78.4 Å². The SMILES string of the molecule is Cc1ccc(S(=O)(=O)N(CC(=O)Nc2nc(-c3ccccc3)cn2-c2ccc(F)cc2)Cc2ccccc2)cc1. The maximum absolute atomic E-state index is 13.6. The van der Waals surface area contributed by atoms with Gasteiger partial charge in [-0.15, -0.1) is 0 Å². The number of carbonyl (C=O) groups is 1. The largest absolute Gasteiger partial charge is 0.294 e. The lowest BCUT2D eigenvalue weighted by Gasteiger charge is -2.22. The Morgan fingerprint density at radius 3 is 2.15 bits per heavy atom. The van der Waals surface area contributed by atoms with Crippen molar-refractivity contribution in [3.8, 4) is 16.9 Å². The molecule has 0 atom stereocenters. The Morgan fingerprint density at radius 2 is 1.50 bits per heavy atom. The van der Waals surface area contributed by atoms with Crippen LogP contribution < -0.4 is 5.32 Å². The number of sulfonamides is 1. The molecule has 0 bridgehead atoms. The van der Waals surface area contributed by atoms with Crippen LogP contribution >= 0.6 is 0 Å². The molecule has 1 heterocycles. The molecular formula is C31H27FN4O3S. The van der Waals surface area contributed by atoms with Crippen LogP contribution in [0.2, 0.25) is 0 Å². The van der Waals surface area contributed by atoms with Crippen LogP contribution in [0.15, 0.2) is 120 Å². The van der Waals surface area contributed by atoms with Gasteiger partial charge in [0, 0.05) is 24.0 Å². The van der Waals surface area contributed by atoms with Gasteiger partial charge in [0.2, 0.25) is 21.9 Å².